The van der Waals surface area contributed by atoms with Crippen molar-refractivity contribution in [3.05, 3.63) is 46.9 Å². The molecule has 7 nitrogen and oxygen atoms in total. The van der Waals surface area contributed by atoms with Crippen LogP contribution in [0.4, 0.5) is 5.69 Å². The quantitative estimate of drug-likeness (QED) is 0.700. The van der Waals surface area contributed by atoms with Gasteiger partial charge in [0, 0.05) is 48.5 Å². The first-order valence-electron chi connectivity index (χ1n) is 10.6. The van der Waals surface area contributed by atoms with Gasteiger partial charge in [-0.2, -0.15) is 5.10 Å². The number of ether oxygens (including phenoxy) is 2. The van der Waals surface area contributed by atoms with E-state index in [0.717, 1.165) is 65.4 Å². The van der Waals surface area contributed by atoms with Gasteiger partial charge >= 0.3 is 0 Å². The molecular weight excluding hydrogens is 380 g/mol. The first-order valence-corrected chi connectivity index (χ1v) is 10.6. The molecule has 0 atom stereocenters. The summed E-state index contributed by atoms with van der Waals surface area (Å²) in [6.07, 6.45) is 5.04. The summed E-state index contributed by atoms with van der Waals surface area (Å²) in [7, 11) is 0. The number of rotatable bonds is 4. The average Bonchev–Trinajstić information content (AvgIpc) is 3.39. The number of aromatic nitrogens is 3. The van der Waals surface area contributed by atoms with Crippen LogP contribution in [0, 0.1) is 20.8 Å². The Bertz CT molecular complexity index is 1150. The van der Waals surface area contributed by atoms with Crippen molar-refractivity contribution in [2.45, 2.75) is 65.1 Å². The topological polar surface area (TPSA) is 77.8 Å². The van der Waals surface area contributed by atoms with Gasteiger partial charge in [-0.05, 0) is 57.7 Å². The Kier molecular flexibility index (Phi) is 4.41. The number of amides is 1. The van der Waals surface area contributed by atoms with Gasteiger partial charge in [-0.1, -0.05) is 0 Å². The van der Waals surface area contributed by atoms with E-state index in [1.165, 1.54) is 0 Å². The first kappa shape index (κ1) is 18.9. The summed E-state index contributed by atoms with van der Waals surface area (Å²) in [6.45, 7) is 5.97. The Morgan fingerprint density at radius 2 is 1.90 bits per heavy atom. The standard InChI is InChI=1S/C23H26N4O3/c1-14-12-21-24-15(2)18(16(3)27(21)26-14)7-9-22(28)25-17-6-8-19-20(13-17)30-23(29-19)10-4-5-11-23/h6,8,12-13H,4-5,7,9-11H2,1-3H3,(H,25,28). The maximum absolute atomic E-state index is 12.6. The van der Waals surface area contributed by atoms with E-state index < -0.39 is 5.79 Å². The molecule has 1 N–H and O–H groups in total. The fourth-order valence-electron chi connectivity index (χ4n) is 4.55. The lowest BCUT2D eigenvalue weighted by atomic mass is 10.1. The van der Waals surface area contributed by atoms with E-state index in [-0.39, 0.29) is 5.91 Å². The molecule has 0 bridgehead atoms. The number of nitrogens with one attached hydrogen (secondary N) is 1. The minimum Gasteiger partial charge on any atom is -0.448 e. The highest BCUT2D eigenvalue weighted by atomic mass is 16.7. The molecule has 1 saturated carbocycles. The Hall–Kier alpha value is -3.09. The zero-order valence-corrected chi connectivity index (χ0v) is 17.6. The molecule has 0 radical (unpaired) electrons. The molecule has 2 aromatic heterocycles. The lowest BCUT2D eigenvalue weighted by Crippen LogP contribution is -2.34. The highest BCUT2D eigenvalue weighted by Gasteiger charge is 2.44. The third kappa shape index (κ3) is 3.28. The summed E-state index contributed by atoms with van der Waals surface area (Å²) in [5.74, 6) is 0.941. The zero-order valence-electron chi connectivity index (χ0n) is 17.6. The van der Waals surface area contributed by atoms with Gasteiger partial charge in [-0.15, -0.1) is 0 Å². The minimum absolute atomic E-state index is 0.0417. The SMILES string of the molecule is Cc1cc2nc(C)c(CCC(=O)Nc3ccc4c(c3)OC3(CCCC3)O4)c(C)n2n1. The molecule has 1 aliphatic carbocycles. The van der Waals surface area contributed by atoms with Crippen LogP contribution in [0.1, 0.15) is 54.7 Å². The first-order chi connectivity index (χ1) is 14.4. The molecule has 5 rings (SSSR count). The van der Waals surface area contributed by atoms with E-state index in [9.17, 15) is 4.79 Å². The molecular formula is C23H26N4O3. The number of anilines is 1. The van der Waals surface area contributed by atoms with Crippen molar-refractivity contribution in [3.8, 4) is 11.5 Å². The maximum Gasteiger partial charge on any atom is 0.251 e. The summed E-state index contributed by atoms with van der Waals surface area (Å²) in [6, 6.07) is 7.57. The van der Waals surface area contributed by atoms with Crippen LogP contribution in [-0.2, 0) is 11.2 Å². The van der Waals surface area contributed by atoms with E-state index in [1.807, 2.05) is 49.6 Å². The second kappa shape index (κ2) is 7.00. The van der Waals surface area contributed by atoms with Crippen molar-refractivity contribution in [2.24, 2.45) is 0 Å². The highest BCUT2D eigenvalue weighted by Crippen LogP contribution is 2.47. The predicted molar refractivity (Wildman–Crippen MR) is 113 cm³/mol. The van der Waals surface area contributed by atoms with Gasteiger partial charge in [-0.3, -0.25) is 4.79 Å². The van der Waals surface area contributed by atoms with Gasteiger partial charge in [0.1, 0.15) is 0 Å². The zero-order chi connectivity index (χ0) is 20.9. The van der Waals surface area contributed by atoms with Crippen LogP contribution in [-0.4, -0.2) is 26.3 Å². The van der Waals surface area contributed by atoms with Gasteiger partial charge in [0.15, 0.2) is 17.1 Å². The van der Waals surface area contributed by atoms with E-state index in [1.54, 1.807) is 0 Å². The molecule has 1 aliphatic heterocycles. The number of hydrogen-bond donors (Lipinski definition) is 1. The fourth-order valence-corrected chi connectivity index (χ4v) is 4.55. The fraction of sp³-hybridized carbons (Fsp3) is 0.435. The third-order valence-corrected chi connectivity index (χ3v) is 6.07. The number of carbonyl (C=O) groups excluding carboxylic acids is 1. The summed E-state index contributed by atoms with van der Waals surface area (Å²) in [5.41, 5.74) is 5.54. The summed E-state index contributed by atoms with van der Waals surface area (Å²) in [4.78, 5) is 17.2. The summed E-state index contributed by atoms with van der Waals surface area (Å²) in [5, 5.41) is 7.48. The van der Waals surface area contributed by atoms with Crippen molar-refractivity contribution in [1.29, 1.82) is 0 Å². The Labute approximate surface area is 175 Å². The molecule has 0 saturated heterocycles. The van der Waals surface area contributed by atoms with E-state index in [2.05, 4.69) is 15.4 Å². The smallest absolute Gasteiger partial charge is 0.251 e. The van der Waals surface area contributed by atoms with Crippen molar-refractivity contribution in [1.82, 2.24) is 14.6 Å². The number of nitrogens with zero attached hydrogens (tertiary/aromatic N) is 3. The molecule has 30 heavy (non-hydrogen) atoms. The average molecular weight is 406 g/mol. The van der Waals surface area contributed by atoms with E-state index >= 15 is 0 Å². The van der Waals surface area contributed by atoms with E-state index in [4.69, 9.17) is 9.47 Å². The molecule has 7 heteroatoms. The monoisotopic (exact) mass is 406 g/mol. The second-order valence-electron chi connectivity index (χ2n) is 8.35. The molecule has 156 valence electrons. The molecule has 1 aromatic carbocycles. The van der Waals surface area contributed by atoms with E-state index in [0.29, 0.717) is 18.6 Å². The predicted octanol–water partition coefficient (Wildman–Crippen LogP) is 4.27. The highest BCUT2D eigenvalue weighted by molar-refractivity contribution is 5.91. The Morgan fingerprint density at radius 3 is 2.70 bits per heavy atom. The number of benzene rings is 1. The summed E-state index contributed by atoms with van der Waals surface area (Å²) < 4.78 is 14.0. The molecule has 3 aromatic rings. The van der Waals surface area contributed by atoms with Crippen molar-refractivity contribution in [2.75, 3.05) is 5.32 Å². The molecule has 0 unspecified atom stereocenters. The number of aryl methyl sites for hydroxylation is 3. The maximum atomic E-state index is 12.6. The Balaban J connectivity index is 1.26. The second-order valence-corrected chi connectivity index (χ2v) is 8.35. The Morgan fingerprint density at radius 1 is 1.13 bits per heavy atom. The van der Waals surface area contributed by atoms with Gasteiger partial charge in [0.05, 0.1) is 5.69 Å². The molecule has 1 amide bonds. The van der Waals surface area contributed by atoms with Crippen LogP contribution in [0.2, 0.25) is 0 Å². The van der Waals surface area contributed by atoms with Crippen LogP contribution in [0.3, 0.4) is 0 Å². The van der Waals surface area contributed by atoms with Crippen LogP contribution in [0.15, 0.2) is 24.3 Å². The van der Waals surface area contributed by atoms with Crippen molar-refractivity contribution < 1.29 is 14.3 Å². The van der Waals surface area contributed by atoms with Gasteiger partial charge in [0.2, 0.25) is 5.91 Å². The number of fused-ring (bicyclic) bond motifs is 2. The number of carbonyl (C=O) groups is 1. The van der Waals surface area contributed by atoms with Crippen molar-refractivity contribution >= 4 is 17.2 Å². The van der Waals surface area contributed by atoms with Crippen LogP contribution in [0.5, 0.6) is 11.5 Å². The molecule has 1 fully saturated rings. The minimum atomic E-state index is -0.490. The number of hydrogen-bond acceptors (Lipinski definition) is 5. The van der Waals surface area contributed by atoms with Crippen LogP contribution >= 0.6 is 0 Å². The largest absolute Gasteiger partial charge is 0.448 e. The molecule has 2 aliphatic rings. The molecule has 1 spiro atoms. The third-order valence-electron chi connectivity index (χ3n) is 6.07. The lowest BCUT2D eigenvalue weighted by Gasteiger charge is -2.21. The summed E-state index contributed by atoms with van der Waals surface area (Å²) >= 11 is 0. The van der Waals surface area contributed by atoms with Crippen molar-refractivity contribution in [3.63, 3.8) is 0 Å². The normalized spacial score (nSPS) is 16.5. The van der Waals surface area contributed by atoms with Gasteiger partial charge in [-0.25, -0.2) is 9.50 Å². The lowest BCUT2D eigenvalue weighted by molar-refractivity contribution is -0.116. The van der Waals surface area contributed by atoms with Gasteiger partial charge in [0.25, 0.3) is 5.79 Å². The molecule has 3 heterocycles. The van der Waals surface area contributed by atoms with Crippen LogP contribution in [0.25, 0.3) is 5.65 Å². The van der Waals surface area contributed by atoms with Gasteiger partial charge < -0.3 is 14.8 Å². The van der Waals surface area contributed by atoms with Crippen LogP contribution < -0.4 is 14.8 Å².